The number of benzene rings is 1. The lowest BCUT2D eigenvalue weighted by Crippen LogP contribution is -2.20. The van der Waals surface area contributed by atoms with Crippen LogP contribution in [0.4, 0.5) is 5.69 Å². The number of anilines is 1. The fourth-order valence-corrected chi connectivity index (χ4v) is 7.00. The fraction of sp³-hybridized carbons (Fsp3) is 0.200. The maximum absolute atomic E-state index is 12.9. The number of imidazole rings is 1. The number of nitrogens with zero attached hydrogens (tertiary/aromatic N) is 4. The van der Waals surface area contributed by atoms with Crippen molar-refractivity contribution in [1.29, 1.82) is 0 Å². The number of fused-ring (bicyclic) bond motifs is 4. The van der Waals surface area contributed by atoms with Gasteiger partial charge in [0, 0.05) is 23.0 Å². The van der Waals surface area contributed by atoms with E-state index in [0.717, 1.165) is 34.4 Å². The molecule has 0 atom stereocenters. The number of hydrogen-bond acceptors (Lipinski definition) is 7. The SMILES string of the molecule is O=S(=O)(Cc1ccc2c(c1)N1CCN=C1S2)c1c(Cl)nc2sccn12. The van der Waals surface area contributed by atoms with Gasteiger partial charge in [0.1, 0.15) is 0 Å². The molecule has 0 aliphatic carbocycles. The molecule has 0 bridgehead atoms. The molecule has 0 spiro atoms. The molecule has 0 amide bonds. The molecule has 0 fully saturated rings. The minimum atomic E-state index is -3.62. The van der Waals surface area contributed by atoms with Crippen LogP contribution in [0.5, 0.6) is 0 Å². The minimum absolute atomic E-state index is 0.0255. The molecule has 2 aliphatic heterocycles. The Bertz CT molecular complexity index is 1150. The number of hydrogen-bond donors (Lipinski definition) is 0. The third kappa shape index (κ3) is 2.41. The molecule has 128 valence electrons. The first kappa shape index (κ1) is 15.7. The Hall–Kier alpha value is -1.55. The first-order chi connectivity index (χ1) is 12.0. The lowest BCUT2D eigenvalue weighted by Gasteiger charge is -2.13. The van der Waals surface area contributed by atoms with Crippen LogP contribution >= 0.6 is 34.7 Å². The molecule has 2 aromatic heterocycles. The van der Waals surface area contributed by atoms with Crippen LogP contribution in [-0.4, -0.2) is 36.1 Å². The zero-order chi connectivity index (χ0) is 17.2. The summed E-state index contributed by atoms with van der Waals surface area (Å²) in [7, 11) is -3.62. The van der Waals surface area contributed by atoms with Crippen LogP contribution in [-0.2, 0) is 15.6 Å². The van der Waals surface area contributed by atoms with E-state index in [1.54, 1.807) is 23.3 Å². The van der Waals surface area contributed by atoms with Gasteiger partial charge in [0.15, 0.2) is 20.3 Å². The predicted octanol–water partition coefficient (Wildman–Crippen LogP) is 3.30. The zero-order valence-corrected chi connectivity index (χ0v) is 15.9. The molecule has 10 heteroatoms. The molecule has 5 rings (SSSR count). The highest BCUT2D eigenvalue weighted by molar-refractivity contribution is 8.14. The molecule has 0 unspecified atom stereocenters. The molecular weight excluding hydrogens is 400 g/mol. The summed E-state index contributed by atoms with van der Waals surface area (Å²) in [6, 6.07) is 5.75. The minimum Gasteiger partial charge on any atom is -0.318 e. The van der Waals surface area contributed by atoms with E-state index in [0.29, 0.717) is 4.96 Å². The van der Waals surface area contributed by atoms with E-state index < -0.39 is 9.84 Å². The van der Waals surface area contributed by atoms with Gasteiger partial charge in [0.05, 0.1) is 18.0 Å². The summed E-state index contributed by atoms with van der Waals surface area (Å²) in [6.45, 7) is 1.63. The average Bonchev–Trinajstić information content (AvgIpc) is 3.26. The molecule has 0 N–H and O–H groups in total. The van der Waals surface area contributed by atoms with Crippen molar-refractivity contribution < 1.29 is 8.42 Å². The van der Waals surface area contributed by atoms with Crippen LogP contribution < -0.4 is 4.90 Å². The van der Waals surface area contributed by atoms with E-state index in [2.05, 4.69) is 14.9 Å². The van der Waals surface area contributed by atoms with Gasteiger partial charge in [-0.15, -0.1) is 11.3 Å². The Morgan fingerprint density at radius 3 is 3.08 bits per heavy atom. The van der Waals surface area contributed by atoms with E-state index >= 15 is 0 Å². The summed E-state index contributed by atoms with van der Waals surface area (Å²) in [4.78, 5) is 12.4. The maximum Gasteiger partial charge on any atom is 0.201 e. The maximum atomic E-state index is 12.9. The highest BCUT2D eigenvalue weighted by Crippen LogP contribution is 2.42. The molecule has 0 radical (unpaired) electrons. The van der Waals surface area contributed by atoms with Crippen LogP contribution in [0.2, 0.25) is 5.15 Å². The molecule has 6 nitrogen and oxygen atoms in total. The lowest BCUT2D eigenvalue weighted by molar-refractivity contribution is 0.590. The van der Waals surface area contributed by atoms with Crippen molar-refractivity contribution in [2.24, 2.45) is 4.99 Å². The molecule has 1 aromatic carbocycles. The van der Waals surface area contributed by atoms with E-state index in [4.69, 9.17) is 11.6 Å². The number of aromatic nitrogens is 2. The highest BCUT2D eigenvalue weighted by atomic mass is 35.5. The van der Waals surface area contributed by atoms with Gasteiger partial charge in [-0.2, -0.15) is 0 Å². The largest absolute Gasteiger partial charge is 0.318 e. The fourth-order valence-electron chi connectivity index (χ4n) is 3.09. The summed E-state index contributed by atoms with van der Waals surface area (Å²) in [5.41, 5.74) is 1.77. The van der Waals surface area contributed by atoms with Crippen LogP contribution in [0, 0.1) is 0 Å². The molecule has 0 saturated carbocycles. The topological polar surface area (TPSA) is 67.0 Å². The number of rotatable bonds is 3. The molecule has 0 saturated heterocycles. The molecule has 25 heavy (non-hydrogen) atoms. The Morgan fingerprint density at radius 2 is 2.20 bits per heavy atom. The monoisotopic (exact) mass is 410 g/mol. The number of thiazole rings is 1. The van der Waals surface area contributed by atoms with E-state index in [1.807, 2.05) is 18.2 Å². The number of sulfone groups is 1. The summed E-state index contributed by atoms with van der Waals surface area (Å²) in [5, 5.41) is 2.87. The van der Waals surface area contributed by atoms with Crippen molar-refractivity contribution in [2.45, 2.75) is 15.7 Å². The van der Waals surface area contributed by atoms with Gasteiger partial charge in [-0.25, -0.2) is 13.4 Å². The van der Waals surface area contributed by atoms with Gasteiger partial charge in [-0.1, -0.05) is 17.7 Å². The van der Waals surface area contributed by atoms with Gasteiger partial charge >= 0.3 is 0 Å². The highest BCUT2D eigenvalue weighted by Gasteiger charge is 2.31. The van der Waals surface area contributed by atoms with Crippen molar-refractivity contribution >= 4 is 60.4 Å². The van der Waals surface area contributed by atoms with E-state index in [9.17, 15) is 8.42 Å². The van der Waals surface area contributed by atoms with Crippen molar-refractivity contribution in [3.63, 3.8) is 0 Å². The first-order valence-electron chi connectivity index (χ1n) is 7.49. The first-order valence-corrected chi connectivity index (χ1v) is 11.2. The van der Waals surface area contributed by atoms with Crippen LogP contribution in [0.15, 0.2) is 44.7 Å². The quantitative estimate of drug-likeness (QED) is 0.662. The second-order valence-electron chi connectivity index (χ2n) is 5.74. The molecule has 2 aliphatic rings. The van der Waals surface area contributed by atoms with E-state index in [-0.39, 0.29) is 15.9 Å². The van der Waals surface area contributed by atoms with Crippen molar-refractivity contribution in [1.82, 2.24) is 9.38 Å². The lowest BCUT2D eigenvalue weighted by atomic mass is 10.2. The normalized spacial score (nSPS) is 16.4. The Labute approximate surface area is 157 Å². The number of aliphatic imine (C=N–C) groups is 1. The van der Waals surface area contributed by atoms with Crippen LogP contribution in [0.1, 0.15) is 5.56 Å². The van der Waals surface area contributed by atoms with Crippen molar-refractivity contribution in [3.05, 3.63) is 40.5 Å². The molecule has 3 aromatic rings. The van der Waals surface area contributed by atoms with E-state index in [1.165, 1.54) is 15.7 Å². The van der Waals surface area contributed by atoms with Gasteiger partial charge in [-0.05, 0) is 29.5 Å². The zero-order valence-electron chi connectivity index (χ0n) is 12.7. The Balaban J connectivity index is 1.54. The second-order valence-corrected chi connectivity index (χ2v) is 9.89. The second kappa shape index (κ2) is 5.47. The van der Waals surface area contributed by atoms with Crippen molar-refractivity contribution in [2.75, 3.05) is 18.0 Å². The predicted molar refractivity (Wildman–Crippen MR) is 101 cm³/mol. The summed E-state index contributed by atoms with van der Waals surface area (Å²) in [6.07, 6.45) is 1.68. The van der Waals surface area contributed by atoms with Crippen LogP contribution in [0.25, 0.3) is 4.96 Å². The smallest absolute Gasteiger partial charge is 0.201 e. The average molecular weight is 411 g/mol. The Morgan fingerprint density at radius 1 is 1.32 bits per heavy atom. The van der Waals surface area contributed by atoms with Gasteiger partial charge in [0.25, 0.3) is 0 Å². The summed E-state index contributed by atoms with van der Waals surface area (Å²) in [5.74, 6) is -0.116. The Kier molecular flexibility index (Phi) is 3.43. The standard InChI is InChI=1S/C15H11ClN4O2S3/c16-12-13(20-5-6-23-15(20)18-12)25(21,22)8-9-1-2-11-10(7-9)19-4-3-17-14(19)24-11/h1-2,5-7H,3-4,8H2. The molecular formula is C15H11ClN4O2S3. The van der Waals surface area contributed by atoms with Crippen molar-refractivity contribution in [3.8, 4) is 0 Å². The number of amidine groups is 1. The van der Waals surface area contributed by atoms with Gasteiger partial charge in [-0.3, -0.25) is 9.39 Å². The van der Waals surface area contributed by atoms with Gasteiger partial charge in [0.2, 0.25) is 9.84 Å². The summed E-state index contributed by atoms with van der Waals surface area (Å²) >= 11 is 9.08. The molecule has 4 heterocycles. The summed E-state index contributed by atoms with van der Waals surface area (Å²) < 4.78 is 27.4. The van der Waals surface area contributed by atoms with Crippen LogP contribution in [0.3, 0.4) is 0 Å². The van der Waals surface area contributed by atoms with Gasteiger partial charge < -0.3 is 4.90 Å². The number of halogens is 1. The number of thioether (sulfide) groups is 1. The third-order valence-corrected chi connectivity index (χ3v) is 8.07. The third-order valence-electron chi connectivity index (χ3n) is 4.15.